The van der Waals surface area contributed by atoms with Crippen LogP contribution in [0, 0.1) is 13.8 Å². The van der Waals surface area contributed by atoms with E-state index in [0.717, 1.165) is 27.0 Å². The largest absolute Gasteiger partial charge is 0.322 e. The van der Waals surface area contributed by atoms with E-state index in [2.05, 4.69) is 23.4 Å². The Morgan fingerprint density at radius 3 is 2.41 bits per heavy atom. The van der Waals surface area contributed by atoms with E-state index in [-0.39, 0.29) is 17.5 Å². The Morgan fingerprint density at radius 2 is 1.82 bits per heavy atom. The smallest absolute Gasteiger partial charge is 0.279 e. The molecule has 0 N–H and O–H groups in total. The lowest BCUT2D eigenvalue weighted by Gasteiger charge is -2.28. The summed E-state index contributed by atoms with van der Waals surface area (Å²) in [7, 11) is 1.70. The van der Waals surface area contributed by atoms with E-state index in [9.17, 15) is 9.59 Å². The lowest BCUT2D eigenvalue weighted by atomic mass is 10.0. The number of imidazole rings is 1. The number of aryl methyl sites for hydroxylation is 3. The minimum atomic E-state index is -0.422. The van der Waals surface area contributed by atoms with Gasteiger partial charge >= 0.3 is 0 Å². The van der Waals surface area contributed by atoms with Crippen LogP contribution in [0.4, 0.5) is 5.69 Å². The van der Waals surface area contributed by atoms with Crippen LogP contribution in [0.15, 0.2) is 47.5 Å². The van der Waals surface area contributed by atoms with Crippen LogP contribution in [0.1, 0.15) is 58.2 Å². The number of hydrogen-bond donors (Lipinski definition) is 0. The highest BCUT2D eigenvalue weighted by molar-refractivity contribution is 7.15. The van der Waals surface area contributed by atoms with Gasteiger partial charge in [0, 0.05) is 36.1 Å². The molecule has 0 fully saturated rings. The number of amides is 1. The first kappa shape index (κ1) is 22.6. The standard InChI is InChI=1S/C25H24ClN5O2S/c1-13(2)30-22-20(28-23(30)19-11-27-15(4)34-19)25(33)31(18-10-14(3)24(32)29(5)12-18)21(22)16-6-8-17(26)9-7-16/h6-13,21H,1-5H3. The fourth-order valence-electron chi connectivity index (χ4n) is 4.58. The maximum absolute atomic E-state index is 13.9. The van der Waals surface area contributed by atoms with Crippen LogP contribution in [-0.4, -0.2) is 25.0 Å². The minimum absolute atomic E-state index is 0.0538. The molecule has 1 aliphatic rings. The molecule has 5 rings (SSSR count). The number of halogens is 1. The topological polar surface area (TPSA) is 73.0 Å². The van der Waals surface area contributed by atoms with Gasteiger partial charge in [-0.15, -0.1) is 11.3 Å². The van der Waals surface area contributed by atoms with Gasteiger partial charge in [0.05, 0.1) is 21.3 Å². The van der Waals surface area contributed by atoms with Crippen molar-refractivity contribution < 1.29 is 4.79 Å². The van der Waals surface area contributed by atoms with Gasteiger partial charge in [0.2, 0.25) is 0 Å². The summed E-state index contributed by atoms with van der Waals surface area (Å²) in [6.07, 6.45) is 3.52. The number of pyridine rings is 1. The molecule has 0 aliphatic carbocycles. The lowest BCUT2D eigenvalue weighted by molar-refractivity contribution is 0.0989. The van der Waals surface area contributed by atoms with Crippen molar-refractivity contribution in [2.24, 2.45) is 7.05 Å². The van der Waals surface area contributed by atoms with Gasteiger partial charge in [0.25, 0.3) is 11.5 Å². The zero-order valence-electron chi connectivity index (χ0n) is 19.5. The Hall–Kier alpha value is -3.23. The number of hydrogen-bond acceptors (Lipinski definition) is 5. The minimum Gasteiger partial charge on any atom is -0.322 e. The molecule has 3 aromatic heterocycles. The van der Waals surface area contributed by atoms with E-state index in [1.54, 1.807) is 42.5 Å². The second-order valence-electron chi connectivity index (χ2n) is 8.80. The first-order chi connectivity index (χ1) is 16.2. The summed E-state index contributed by atoms with van der Waals surface area (Å²) in [6.45, 7) is 7.88. The molecule has 1 unspecified atom stereocenters. The second kappa shape index (κ2) is 8.21. The van der Waals surface area contributed by atoms with Gasteiger partial charge in [0.15, 0.2) is 11.5 Å². The number of benzene rings is 1. The molecule has 7 nitrogen and oxygen atoms in total. The summed E-state index contributed by atoms with van der Waals surface area (Å²) in [5.74, 6) is 0.545. The van der Waals surface area contributed by atoms with Crippen LogP contribution in [0.3, 0.4) is 0 Å². The first-order valence-electron chi connectivity index (χ1n) is 11.0. The highest BCUT2D eigenvalue weighted by Gasteiger charge is 2.45. The van der Waals surface area contributed by atoms with Crippen LogP contribution in [0.2, 0.25) is 5.02 Å². The summed E-state index contributed by atoms with van der Waals surface area (Å²) < 4.78 is 3.64. The second-order valence-corrected chi connectivity index (χ2v) is 10.5. The third-order valence-corrected chi connectivity index (χ3v) is 7.22. The number of carbonyl (C=O) groups excluding carboxylic acids is 1. The molecule has 1 atom stereocenters. The van der Waals surface area contributed by atoms with E-state index in [4.69, 9.17) is 16.6 Å². The molecule has 4 aromatic rings. The van der Waals surface area contributed by atoms with E-state index >= 15 is 0 Å². The van der Waals surface area contributed by atoms with Crippen molar-refractivity contribution in [3.8, 4) is 10.7 Å². The van der Waals surface area contributed by atoms with Crippen molar-refractivity contribution in [3.05, 3.63) is 85.6 Å². The lowest BCUT2D eigenvalue weighted by Crippen LogP contribution is -2.32. The van der Waals surface area contributed by atoms with Gasteiger partial charge in [-0.25, -0.2) is 9.97 Å². The van der Waals surface area contributed by atoms with E-state index in [0.29, 0.717) is 22.0 Å². The maximum Gasteiger partial charge on any atom is 0.279 e. The van der Waals surface area contributed by atoms with Crippen molar-refractivity contribution in [1.82, 2.24) is 19.1 Å². The fraction of sp³-hybridized carbons (Fsp3) is 0.280. The van der Waals surface area contributed by atoms with Crippen LogP contribution in [0.5, 0.6) is 0 Å². The zero-order chi connectivity index (χ0) is 24.3. The molecule has 9 heteroatoms. The van der Waals surface area contributed by atoms with Gasteiger partial charge in [-0.1, -0.05) is 23.7 Å². The fourth-order valence-corrected chi connectivity index (χ4v) is 5.48. The summed E-state index contributed by atoms with van der Waals surface area (Å²) >= 11 is 7.74. The molecule has 1 aliphatic heterocycles. The maximum atomic E-state index is 13.9. The predicted octanol–water partition coefficient (Wildman–Crippen LogP) is 5.31. The number of anilines is 1. The Bertz CT molecular complexity index is 1460. The Kier molecular flexibility index (Phi) is 5.45. The van der Waals surface area contributed by atoms with Crippen molar-refractivity contribution in [2.45, 2.75) is 39.8 Å². The highest BCUT2D eigenvalue weighted by atomic mass is 35.5. The van der Waals surface area contributed by atoms with Crippen LogP contribution in [0.25, 0.3) is 10.7 Å². The third kappa shape index (κ3) is 3.49. The summed E-state index contributed by atoms with van der Waals surface area (Å²) in [6, 6.07) is 8.92. The number of thiazole rings is 1. The monoisotopic (exact) mass is 493 g/mol. The number of aromatic nitrogens is 4. The third-order valence-electron chi connectivity index (χ3n) is 6.06. The Morgan fingerprint density at radius 1 is 1.12 bits per heavy atom. The molecule has 34 heavy (non-hydrogen) atoms. The number of fused-ring (bicyclic) bond motifs is 1. The van der Waals surface area contributed by atoms with Crippen molar-refractivity contribution in [1.29, 1.82) is 0 Å². The van der Waals surface area contributed by atoms with Crippen LogP contribution in [-0.2, 0) is 7.05 Å². The SMILES string of the molecule is Cc1ncc(-c2nc3c(n2C(C)C)C(c2ccc(Cl)cc2)N(c2cc(C)c(=O)n(C)c2)C3=O)s1. The molecule has 0 radical (unpaired) electrons. The Balaban J connectivity index is 1.78. The predicted molar refractivity (Wildman–Crippen MR) is 135 cm³/mol. The zero-order valence-corrected chi connectivity index (χ0v) is 21.1. The van der Waals surface area contributed by atoms with Gasteiger partial charge < -0.3 is 9.13 Å². The van der Waals surface area contributed by atoms with Gasteiger partial charge in [0.1, 0.15) is 6.04 Å². The van der Waals surface area contributed by atoms with Crippen molar-refractivity contribution in [2.75, 3.05) is 4.90 Å². The average molecular weight is 494 g/mol. The summed E-state index contributed by atoms with van der Waals surface area (Å²) in [4.78, 5) is 38.2. The number of nitrogens with zero attached hydrogens (tertiary/aromatic N) is 5. The quantitative estimate of drug-likeness (QED) is 0.386. The molecule has 1 aromatic carbocycles. The number of carbonyl (C=O) groups is 1. The highest BCUT2D eigenvalue weighted by Crippen LogP contribution is 2.45. The molecule has 0 saturated carbocycles. The molecular formula is C25H24ClN5O2S. The van der Waals surface area contributed by atoms with Gasteiger partial charge in [-0.3, -0.25) is 14.5 Å². The molecule has 174 valence electrons. The normalized spacial score (nSPS) is 15.4. The summed E-state index contributed by atoms with van der Waals surface area (Å²) in [5, 5.41) is 1.56. The molecule has 4 heterocycles. The molecule has 0 saturated heterocycles. The molecule has 0 spiro atoms. The van der Waals surface area contributed by atoms with Crippen molar-refractivity contribution >= 4 is 34.5 Å². The molecule has 1 amide bonds. The molecular weight excluding hydrogens is 470 g/mol. The van der Waals surface area contributed by atoms with E-state index < -0.39 is 6.04 Å². The van der Waals surface area contributed by atoms with Crippen molar-refractivity contribution in [3.63, 3.8) is 0 Å². The number of rotatable bonds is 4. The van der Waals surface area contributed by atoms with Crippen LogP contribution >= 0.6 is 22.9 Å². The average Bonchev–Trinajstić information content (AvgIpc) is 3.46. The molecule has 0 bridgehead atoms. The van der Waals surface area contributed by atoms with Gasteiger partial charge in [-0.2, -0.15) is 0 Å². The van der Waals surface area contributed by atoms with Gasteiger partial charge in [-0.05, 0) is 51.5 Å². The Labute approximate surface area is 206 Å². The van der Waals surface area contributed by atoms with E-state index in [1.165, 1.54) is 4.57 Å². The van der Waals surface area contributed by atoms with Crippen LogP contribution < -0.4 is 10.5 Å². The first-order valence-corrected chi connectivity index (χ1v) is 12.2. The summed E-state index contributed by atoms with van der Waals surface area (Å²) in [5.41, 5.74) is 3.28. The van der Waals surface area contributed by atoms with E-state index in [1.807, 2.05) is 37.4 Å².